The molecule has 21 heavy (non-hydrogen) atoms. The van der Waals surface area contributed by atoms with Crippen molar-refractivity contribution in [2.24, 2.45) is 0 Å². The van der Waals surface area contributed by atoms with Gasteiger partial charge in [-0.2, -0.15) is 0 Å². The van der Waals surface area contributed by atoms with Gasteiger partial charge in [-0.25, -0.2) is 0 Å². The summed E-state index contributed by atoms with van der Waals surface area (Å²) in [5.41, 5.74) is -0.134. The molecule has 0 spiro atoms. The number of methoxy groups -OCH3 is 1. The van der Waals surface area contributed by atoms with Gasteiger partial charge in [-0.05, 0) is 31.9 Å². The SMILES string of the molecule is COC(=O)C[C@@]1(O)CCCC[C@@H]1[S@@](=O)c1ccc(C)cc1. The molecule has 2 rings (SSSR count). The maximum absolute atomic E-state index is 12.8. The van der Waals surface area contributed by atoms with Gasteiger partial charge in [0.15, 0.2) is 0 Å². The van der Waals surface area contributed by atoms with Crippen molar-refractivity contribution in [1.29, 1.82) is 0 Å². The molecule has 0 unspecified atom stereocenters. The van der Waals surface area contributed by atoms with Crippen molar-refractivity contribution in [1.82, 2.24) is 0 Å². The lowest BCUT2D eigenvalue weighted by molar-refractivity contribution is -0.147. The van der Waals surface area contributed by atoms with Crippen LogP contribution >= 0.6 is 0 Å². The summed E-state index contributed by atoms with van der Waals surface area (Å²) in [4.78, 5) is 12.3. The van der Waals surface area contributed by atoms with Crippen molar-refractivity contribution < 1.29 is 18.8 Å². The van der Waals surface area contributed by atoms with E-state index in [-0.39, 0.29) is 6.42 Å². The maximum atomic E-state index is 12.8. The minimum Gasteiger partial charge on any atom is -0.469 e. The van der Waals surface area contributed by atoms with Crippen LogP contribution in [-0.2, 0) is 20.3 Å². The molecular weight excluding hydrogens is 288 g/mol. The average Bonchev–Trinajstić information content (AvgIpc) is 2.47. The van der Waals surface area contributed by atoms with Crippen LogP contribution in [0.3, 0.4) is 0 Å². The lowest BCUT2D eigenvalue weighted by Crippen LogP contribution is -2.48. The lowest BCUT2D eigenvalue weighted by atomic mass is 9.82. The van der Waals surface area contributed by atoms with E-state index in [2.05, 4.69) is 4.74 Å². The predicted octanol–water partition coefficient (Wildman–Crippen LogP) is 2.34. The fourth-order valence-corrected chi connectivity index (χ4v) is 4.57. The number of carbonyl (C=O) groups is 1. The highest BCUT2D eigenvalue weighted by Crippen LogP contribution is 2.36. The van der Waals surface area contributed by atoms with E-state index in [4.69, 9.17) is 0 Å². The first-order chi connectivity index (χ1) is 9.96. The van der Waals surface area contributed by atoms with Gasteiger partial charge in [-0.15, -0.1) is 0 Å². The summed E-state index contributed by atoms with van der Waals surface area (Å²) in [7, 11) is -0.0177. The minimum atomic E-state index is -1.32. The average molecular weight is 310 g/mol. The smallest absolute Gasteiger partial charge is 0.308 e. The Morgan fingerprint density at radius 2 is 2.05 bits per heavy atom. The van der Waals surface area contributed by atoms with E-state index in [0.29, 0.717) is 17.7 Å². The van der Waals surface area contributed by atoms with E-state index >= 15 is 0 Å². The van der Waals surface area contributed by atoms with E-state index < -0.39 is 27.6 Å². The quantitative estimate of drug-likeness (QED) is 0.867. The molecule has 1 N–H and O–H groups in total. The Morgan fingerprint density at radius 3 is 2.67 bits per heavy atom. The standard InChI is InChI=1S/C16H22O4S/c1-12-6-8-13(9-7-12)21(19)14-5-3-4-10-16(14,18)11-15(17)20-2/h6-9,14,18H,3-5,10-11H2,1-2H3/t14-,16-,21-/m0/s1. The Labute approximate surface area is 128 Å². The first kappa shape index (κ1) is 16.2. The zero-order valence-corrected chi connectivity index (χ0v) is 13.3. The number of rotatable bonds is 4. The number of benzene rings is 1. The second kappa shape index (κ2) is 6.71. The molecule has 1 fully saturated rings. The Kier molecular flexibility index (Phi) is 5.17. The molecule has 0 bridgehead atoms. The molecule has 5 heteroatoms. The van der Waals surface area contributed by atoms with Crippen LogP contribution in [0.4, 0.5) is 0 Å². The minimum absolute atomic E-state index is 0.0915. The molecule has 116 valence electrons. The van der Waals surface area contributed by atoms with Crippen molar-refractivity contribution >= 4 is 16.8 Å². The van der Waals surface area contributed by atoms with Crippen LogP contribution in [0.1, 0.15) is 37.7 Å². The number of carbonyl (C=O) groups excluding carboxylic acids is 1. The Morgan fingerprint density at radius 1 is 1.38 bits per heavy atom. The molecule has 1 aromatic rings. The summed E-state index contributed by atoms with van der Waals surface area (Å²) in [6.45, 7) is 1.97. The van der Waals surface area contributed by atoms with Gasteiger partial charge in [0.25, 0.3) is 0 Å². The largest absolute Gasteiger partial charge is 0.469 e. The van der Waals surface area contributed by atoms with Crippen LogP contribution in [0.2, 0.25) is 0 Å². The Balaban J connectivity index is 2.23. The molecule has 0 amide bonds. The van der Waals surface area contributed by atoms with E-state index in [9.17, 15) is 14.1 Å². The number of hydrogen-bond donors (Lipinski definition) is 1. The number of ether oxygens (including phenoxy) is 1. The monoisotopic (exact) mass is 310 g/mol. The van der Waals surface area contributed by atoms with Gasteiger partial charge in [-0.1, -0.05) is 30.5 Å². The molecule has 0 heterocycles. The molecule has 1 aliphatic carbocycles. The number of hydrogen-bond acceptors (Lipinski definition) is 4. The normalized spacial score (nSPS) is 27.1. The summed E-state index contributed by atoms with van der Waals surface area (Å²) in [6, 6.07) is 7.49. The number of esters is 1. The summed E-state index contributed by atoms with van der Waals surface area (Å²) < 4.78 is 17.5. The summed E-state index contributed by atoms with van der Waals surface area (Å²) in [6.07, 6.45) is 2.82. The highest BCUT2D eigenvalue weighted by Gasteiger charge is 2.44. The van der Waals surface area contributed by atoms with Crippen molar-refractivity contribution in [3.63, 3.8) is 0 Å². The summed E-state index contributed by atoms with van der Waals surface area (Å²) >= 11 is 0. The van der Waals surface area contributed by atoms with Crippen LogP contribution in [-0.4, -0.2) is 33.2 Å². The van der Waals surface area contributed by atoms with E-state index in [1.165, 1.54) is 7.11 Å². The van der Waals surface area contributed by atoms with Gasteiger partial charge in [0.2, 0.25) is 0 Å². The van der Waals surface area contributed by atoms with E-state index in [1.54, 1.807) is 0 Å². The third-order valence-corrected chi connectivity index (χ3v) is 6.04. The summed E-state index contributed by atoms with van der Waals surface area (Å²) in [5.74, 6) is -0.453. The molecule has 0 saturated heterocycles. The van der Waals surface area contributed by atoms with Crippen LogP contribution in [0.5, 0.6) is 0 Å². The highest BCUT2D eigenvalue weighted by molar-refractivity contribution is 7.85. The first-order valence-corrected chi connectivity index (χ1v) is 8.44. The molecule has 0 aliphatic heterocycles. The molecule has 0 aromatic heterocycles. The third kappa shape index (κ3) is 3.71. The van der Waals surface area contributed by atoms with E-state index in [1.807, 2.05) is 31.2 Å². The van der Waals surface area contributed by atoms with Gasteiger partial charge >= 0.3 is 5.97 Å². The van der Waals surface area contributed by atoms with Crippen molar-refractivity contribution in [2.75, 3.05) is 7.11 Å². The second-order valence-electron chi connectivity index (χ2n) is 5.70. The van der Waals surface area contributed by atoms with Gasteiger partial charge in [0.05, 0.1) is 35.2 Å². The van der Waals surface area contributed by atoms with Crippen molar-refractivity contribution in [3.8, 4) is 0 Å². The van der Waals surface area contributed by atoms with E-state index in [0.717, 1.165) is 18.4 Å². The van der Waals surface area contributed by atoms with Crippen LogP contribution in [0.25, 0.3) is 0 Å². The molecular formula is C16H22O4S. The zero-order chi connectivity index (χ0) is 15.5. The number of aliphatic hydroxyl groups is 1. The molecule has 1 aliphatic rings. The molecule has 0 radical (unpaired) electrons. The fourth-order valence-electron chi connectivity index (χ4n) is 2.86. The van der Waals surface area contributed by atoms with Gasteiger partial charge in [-0.3, -0.25) is 9.00 Å². The molecule has 4 nitrogen and oxygen atoms in total. The van der Waals surface area contributed by atoms with Gasteiger partial charge in [0, 0.05) is 4.90 Å². The van der Waals surface area contributed by atoms with Gasteiger partial charge in [0.1, 0.15) is 0 Å². The summed E-state index contributed by atoms with van der Waals surface area (Å²) in [5, 5.41) is 10.4. The van der Waals surface area contributed by atoms with Crippen molar-refractivity contribution in [2.45, 2.75) is 54.8 Å². The highest BCUT2D eigenvalue weighted by atomic mass is 32.2. The Hall–Kier alpha value is -1.20. The van der Waals surface area contributed by atoms with Crippen molar-refractivity contribution in [3.05, 3.63) is 29.8 Å². The number of aryl methyl sites for hydroxylation is 1. The lowest BCUT2D eigenvalue weighted by Gasteiger charge is -2.38. The maximum Gasteiger partial charge on any atom is 0.308 e. The fraction of sp³-hybridized carbons (Fsp3) is 0.562. The second-order valence-corrected chi connectivity index (χ2v) is 7.34. The van der Waals surface area contributed by atoms with Crippen LogP contribution in [0.15, 0.2) is 29.2 Å². The molecule has 3 atom stereocenters. The topological polar surface area (TPSA) is 63.6 Å². The zero-order valence-electron chi connectivity index (χ0n) is 12.5. The van der Waals surface area contributed by atoms with Crippen LogP contribution < -0.4 is 0 Å². The predicted molar refractivity (Wildman–Crippen MR) is 81.4 cm³/mol. The first-order valence-electron chi connectivity index (χ1n) is 7.23. The Bertz CT molecular complexity index is 526. The third-order valence-electron chi connectivity index (χ3n) is 4.12. The molecule has 1 saturated carbocycles. The van der Waals surface area contributed by atoms with Gasteiger partial charge < -0.3 is 9.84 Å². The van der Waals surface area contributed by atoms with Crippen LogP contribution in [0, 0.1) is 6.92 Å². The molecule has 1 aromatic carbocycles.